The Labute approximate surface area is 100 Å². The summed E-state index contributed by atoms with van der Waals surface area (Å²) < 4.78 is 10.6. The Hall–Kier alpha value is -0.300. The molecule has 0 aromatic heterocycles. The Kier molecular flexibility index (Phi) is 6.79. The van der Waals surface area contributed by atoms with Gasteiger partial charge < -0.3 is 20.5 Å². The molecule has 6 heteroatoms. The zero-order chi connectivity index (χ0) is 11.8. The van der Waals surface area contributed by atoms with Crippen LogP contribution in [0.3, 0.4) is 0 Å². The molecule has 1 amide bonds. The highest BCUT2D eigenvalue weighted by Crippen LogP contribution is 2.01. The minimum atomic E-state index is -0.419. The van der Waals surface area contributed by atoms with Crippen LogP contribution in [0.1, 0.15) is 6.42 Å². The maximum absolute atomic E-state index is 11.5. The van der Waals surface area contributed by atoms with E-state index in [9.17, 15) is 4.79 Å². The van der Waals surface area contributed by atoms with Crippen molar-refractivity contribution in [1.82, 2.24) is 5.32 Å². The van der Waals surface area contributed by atoms with Crippen molar-refractivity contribution in [1.29, 1.82) is 0 Å². The van der Waals surface area contributed by atoms with E-state index in [1.54, 1.807) is 11.8 Å². The number of ether oxygens (including phenoxy) is 2. The van der Waals surface area contributed by atoms with Crippen LogP contribution in [-0.4, -0.2) is 56.4 Å². The summed E-state index contributed by atoms with van der Waals surface area (Å²) in [5.41, 5.74) is 5.72. The second-order valence-corrected chi connectivity index (χ2v) is 4.69. The Bertz CT molecular complexity index is 210. The van der Waals surface area contributed by atoms with E-state index in [0.29, 0.717) is 32.8 Å². The number of carbonyl (C=O) groups is 1. The predicted molar refractivity (Wildman–Crippen MR) is 64.5 cm³/mol. The van der Waals surface area contributed by atoms with Crippen LogP contribution >= 0.6 is 11.8 Å². The minimum absolute atomic E-state index is 0.0366. The number of carbonyl (C=O) groups excluding carboxylic acids is 1. The molecule has 1 saturated heterocycles. The second kappa shape index (κ2) is 7.89. The van der Waals surface area contributed by atoms with Gasteiger partial charge in [-0.1, -0.05) is 0 Å². The first-order valence-electron chi connectivity index (χ1n) is 5.45. The lowest BCUT2D eigenvalue weighted by molar-refractivity contribution is -0.125. The van der Waals surface area contributed by atoms with Gasteiger partial charge in [-0.15, -0.1) is 0 Å². The van der Waals surface area contributed by atoms with E-state index < -0.39 is 6.04 Å². The van der Waals surface area contributed by atoms with Gasteiger partial charge >= 0.3 is 0 Å². The molecule has 1 unspecified atom stereocenters. The van der Waals surface area contributed by atoms with Gasteiger partial charge in [0.15, 0.2) is 0 Å². The largest absolute Gasteiger partial charge is 0.376 e. The van der Waals surface area contributed by atoms with Crippen molar-refractivity contribution < 1.29 is 14.3 Å². The van der Waals surface area contributed by atoms with Gasteiger partial charge in [-0.2, -0.15) is 11.8 Å². The first-order chi connectivity index (χ1) is 7.74. The van der Waals surface area contributed by atoms with E-state index in [1.807, 2.05) is 6.26 Å². The average Bonchev–Trinajstić information content (AvgIpc) is 2.34. The highest BCUT2D eigenvalue weighted by Gasteiger charge is 2.17. The van der Waals surface area contributed by atoms with Gasteiger partial charge in [-0.3, -0.25) is 4.79 Å². The molecule has 1 fully saturated rings. The zero-order valence-electron chi connectivity index (χ0n) is 9.61. The first-order valence-corrected chi connectivity index (χ1v) is 6.85. The summed E-state index contributed by atoms with van der Waals surface area (Å²) in [5, 5.41) is 2.78. The van der Waals surface area contributed by atoms with E-state index in [0.717, 1.165) is 5.75 Å². The molecule has 5 nitrogen and oxygen atoms in total. The van der Waals surface area contributed by atoms with Crippen molar-refractivity contribution >= 4 is 17.7 Å². The molecule has 16 heavy (non-hydrogen) atoms. The van der Waals surface area contributed by atoms with Gasteiger partial charge in [0.2, 0.25) is 5.91 Å². The van der Waals surface area contributed by atoms with Gasteiger partial charge in [-0.25, -0.2) is 0 Å². The summed E-state index contributed by atoms with van der Waals surface area (Å²) in [6.07, 6.45) is 2.66. The van der Waals surface area contributed by atoms with Gasteiger partial charge in [-0.05, 0) is 18.4 Å². The summed E-state index contributed by atoms with van der Waals surface area (Å²) in [5.74, 6) is 0.792. The van der Waals surface area contributed by atoms with Crippen molar-refractivity contribution in [3.63, 3.8) is 0 Å². The number of rotatable bonds is 6. The molecule has 94 valence electrons. The normalized spacial score (nSPS) is 22.8. The van der Waals surface area contributed by atoms with Crippen molar-refractivity contribution in [3.05, 3.63) is 0 Å². The summed E-state index contributed by atoms with van der Waals surface area (Å²) in [6.45, 7) is 2.25. The third kappa shape index (κ3) is 5.16. The Morgan fingerprint density at radius 2 is 2.44 bits per heavy atom. The zero-order valence-corrected chi connectivity index (χ0v) is 10.4. The number of hydrogen-bond donors (Lipinski definition) is 2. The molecule has 0 aromatic rings. The third-order valence-corrected chi connectivity index (χ3v) is 3.00. The van der Waals surface area contributed by atoms with Crippen LogP contribution in [0.15, 0.2) is 0 Å². The average molecular weight is 248 g/mol. The van der Waals surface area contributed by atoms with Crippen LogP contribution in [-0.2, 0) is 14.3 Å². The summed E-state index contributed by atoms with van der Waals surface area (Å²) >= 11 is 1.69. The van der Waals surface area contributed by atoms with Crippen molar-refractivity contribution in [2.75, 3.05) is 38.4 Å². The van der Waals surface area contributed by atoms with Crippen LogP contribution < -0.4 is 11.1 Å². The van der Waals surface area contributed by atoms with Crippen LogP contribution in [0.4, 0.5) is 0 Å². The fourth-order valence-corrected chi connectivity index (χ4v) is 1.87. The smallest absolute Gasteiger partial charge is 0.237 e. The number of amides is 1. The van der Waals surface area contributed by atoms with Crippen LogP contribution in [0, 0.1) is 0 Å². The SMILES string of the molecule is CSCC[C@H](N)C(=O)NCC1COCCO1. The molecule has 1 heterocycles. The van der Waals surface area contributed by atoms with Crippen molar-refractivity contribution in [2.45, 2.75) is 18.6 Å². The molecule has 0 spiro atoms. The number of hydrogen-bond acceptors (Lipinski definition) is 5. The standard InChI is InChI=1S/C10H20N2O3S/c1-16-5-2-9(11)10(13)12-6-8-7-14-3-4-15-8/h8-9H,2-7,11H2,1H3,(H,12,13)/t8?,9-/m0/s1. The van der Waals surface area contributed by atoms with E-state index in [-0.39, 0.29) is 12.0 Å². The molecule has 1 rings (SSSR count). The minimum Gasteiger partial charge on any atom is -0.376 e. The third-order valence-electron chi connectivity index (χ3n) is 2.36. The number of nitrogens with one attached hydrogen (secondary N) is 1. The fourth-order valence-electron chi connectivity index (χ4n) is 1.38. The maximum Gasteiger partial charge on any atom is 0.237 e. The molecule has 0 radical (unpaired) electrons. The topological polar surface area (TPSA) is 73.6 Å². The monoisotopic (exact) mass is 248 g/mol. The van der Waals surface area contributed by atoms with Gasteiger partial charge in [0.1, 0.15) is 0 Å². The number of thioether (sulfide) groups is 1. The molecule has 0 aliphatic carbocycles. The summed E-state index contributed by atoms with van der Waals surface area (Å²) in [4.78, 5) is 11.5. The molecule has 3 N–H and O–H groups in total. The molecule has 1 aliphatic rings. The van der Waals surface area contributed by atoms with E-state index >= 15 is 0 Å². The maximum atomic E-state index is 11.5. The van der Waals surface area contributed by atoms with E-state index in [4.69, 9.17) is 15.2 Å². The quantitative estimate of drug-likeness (QED) is 0.669. The lowest BCUT2D eigenvalue weighted by Crippen LogP contribution is -2.46. The van der Waals surface area contributed by atoms with Crippen molar-refractivity contribution in [3.8, 4) is 0 Å². The molecule has 1 aliphatic heterocycles. The molecule has 0 bridgehead atoms. The van der Waals surface area contributed by atoms with Crippen LogP contribution in [0.5, 0.6) is 0 Å². The van der Waals surface area contributed by atoms with Crippen LogP contribution in [0.2, 0.25) is 0 Å². The first kappa shape index (κ1) is 13.8. The fraction of sp³-hybridized carbons (Fsp3) is 0.900. The Morgan fingerprint density at radius 1 is 1.62 bits per heavy atom. The molecule has 0 aromatic carbocycles. The van der Waals surface area contributed by atoms with Gasteiger partial charge in [0.25, 0.3) is 0 Å². The molecule has 2 atom stereocenters. The highest BCUT2D eigenvalue weighted by atomic mass is 32.2. The highest BCUT2D eigenvalue weighted by molar-refractivity contribution is 7.98. The molecular formula is C10H20N2O3S. The van der Waals surface area contributed by atoms with Gasteiger partial charge in [0, 0.05) is 6.54 Å². The second-order valence-electron chi connectivity index (χ2n) is 3.70. The van der Waals surface area contributed by atoms with Gasteiger partial charge in [0.05, 0.1) is 32.0 Å². The van der Waals surface area contributed by atoms with E-state index in [1.165, 1.54) is 0 Å². The van der Waals surface area contributed by atoms with E-state index in [2.05, 4.69) is 5.32 Å². The Morgan fingerprint density at radius 3 is 3.06 bits per heavy atom. The van der Waals surface area contributed by atoms with Crippen LogP contribution in [0.25, 0.3) is 0 Å². The predicted octanol–water partition coefficient (Wildman–Crippen LogP) is -0.402. The lowest BCUT2D eigenvalue weighted by atomic mass is 10.2. The summed E-state index contributed by atoms with van der Waals surface area (Å²) in [6, 6.07) is -0.419. The Balaban J connectivity index is 2.12. The number of nitrogens with two attached hydrogens (primary N) is 1. The molecule has 0 saturated carbocycles. The van der Waals surface area contributed by atoms with Crippen molar-refractivity contribution in [2.24, 2.45) is 5.73 Å². The lowest BCUT2D eigenvalue weighted by Gasteiger charge is -2.23. The molecular weight excluding hydrogens is 228 g/mol. The summed E-state index contributed by atoms with van der Waals surface area (Å²) in [7, 11) is 0.